The number of carbonyl (C=O) groups excluding carboxylic acids is 1. The van der Waals surface area contributed by atoms with Gasteiger partial charge < -0.3 is 4.98 Å². The lowest BCUT2D eigenvalue weighted by Crippen LogP contribution is -2.01. The van der Waals surface area contributed by atoms with E-state index in [0.29, 0.717) is 26.3 Å². The van der Waals surface area contributed by atoms with E-state index in [4.69, 9.17) is 11.6 Å². The van der Waals surface area contributed by atoms with Gasteiger partial charge in [-0.15, -0.1) is 0 Å². The zero-order valence-electron chi connectivity index (χ0n) is 9.65. The third kappa shape index (κ3) is 2.17. The van der Waals surface area contributed by atoms with Crippen molar-refractivity contribution >= 4 is 44.3 Å². The molecular formula is C14H8BrClN2O. The van der Waals surface area contributed by atoms with Crippen molar-refractivity contribution in [1.29, 1.82) is 0 Å². The lowest BCUT2D eigenvalue weighted by atomic mass is 10.0. The Labute approximate surface area is 122 Å². The summed E-state index contributed by atoms with van der Waals surface area (Å²) in [7, 11) is 0. The van der Waals surface area contributed by atoms with Crippen LogP contribution in [0.5, 0.6) is 0 Å². The highest BCUT2D eigenvalue weighted by Gasteiger charge is 2.16. The maximum Gasteiger partial charge on any atom is 0.196 e. The first kappa shape index (κ1) is 12.4. The highest BCUT2D eigenvalue weighted by Crippen LogP contribution is 2.26. The van der Waals surface area contributed by atoms with Gasteiger partial charge >= 0.3 is 0 Å². The molecule has 0 spiro atoms. The van der Waals surface area contributed by atoms with E-state index in [9.17, 15) is 4.79 Å². The fourth-order valence-corrected chi connectivity index (χ4v) is 2.83. The van der Waals surface area contributed by atoms with E-state index >= 15 is 0 Å². The molecule has 0 fully saturated rings. The largest absolute Gasteiger partial charge is 0.345 e. The first-order valence-corrected chi connectivity index (χ1v) is 6.76. The van der Waals surface area contributed by atoms with Crippen LogP contribution in [0.2, 0.25) is 5.02 Å². The van der Waals surface area contributed by atoms with E-state index in [-0.39, 0.29) is 5.78 Å². The van der Waals surface area contributed by atoms with E-state index in [1.807, 2.05) is 12.1 Å². The van der Waals surface area contributed by atoms with Gasteiger partial charge in [0.05, 0.1) is 0 Å². The van der Waals surface area contributed by atoms with Gasteiger partial charge in [0.1, 0.15) is 5.65 Å². The van der Waals surface area contributed by atoms with Gasteiger partial charge in [0.15, 0.2) is 5.78 Å². The van der Waals surface area contributed by atoms with Crippen molar-refractivity contribution in [2.45, 2.75) is 0 Å². The van der Waals surface area contributed by atoms with E-state index in [2.05, 4.69) is 25.9 Å². The molecule has 94 valence electrons. The van der Waals surface area contributed by atoms with E-state index in [1.165, 1.54) is 0 Å². The number of pyridine rings is 1. The molecule has 19 heavy (non-hydrogen) atoms. The summed E-state index contributed by atoms with van der Waals surface area (Å²) in [6.07, 6.45) is 3.37. The number of H-pyrrole nitrogens is 1. The molecule has 1 aromatic carbocycles. The molecule has 0 saturated heterocycles. The van der Waals surface area contributed by atoms with Crippen LogP contribution in [0, 0.1) is 0 Å². The molecule has 0 aliphatic heterocycles. The number of aromatic amines is 1. The summed E-state index contributed by atoms with van der Waals surface area (Å²) in [6, 6.07) is 8.80. The number of fused-ring (bicyclic) bond motifs is 1. The normalized spacial score (nSPS) is 10.8. The summed E-state index contributed by atoms with van der Waals surface area (Å²) >= 11 is 9.25. The van der Waals surface area contributed by atoms with Gasteiger partial charge in [-0.1, -0.05) is 11.6 Å². The molecule has 3 aromatic rings. The molecule has 3 rings (SSSR count). The molecule has 0 unspecified atom stereocenters. The minimum absolute atomic E-state index is 0.0669. The third-order valence-electron chi connectivity index (χ3n) is 2.87. The Morgan fingerprint density at radius 3 is 2.89 bits per heavy atom. The van der Waals surface area contributed by atoms with Crippen molar-refractivity contribution in [1.82, 2.24) is 9.97 Å². The Balaban J connectivity index is 2.13. The molecule has 5 heteroatoms. The molecule has 2 aromatic heterocycles. The van der Waals surface area contributed by atoms with Crippen LogP contribution in [0.25, 0.3) is 11.0 Å². The number of ketones is 1. The SMILES string of the molecule is O=C(c1ccc(Cl)cc1Br)c1c[nH]c2ncccc12. The van der Waals surface area contributed by atoms with Gasteiger partial charge in [-0.25, -0.2) is 4.98 Å². The number of hydrogen-bond donors (Lipinski definition) is 1. The molecule has 0 radical (unpaired) electrons. The molecular weight excluding hydrogens is 328 g/mol. The van der Waals surface area contributed by atoms with Gasteiger partial charge in [-0.05, 0) is 46.3 Å². The Morgan fingerprint density at radius 1 is 1.26 bits per heavy atom. The molecule has 0 amide bonds. The van der Waals surface area contributed by atoms with Gasteiger partial charge in [0.2, 0.25) is 0 Å². The summed E-state index contributed by atoms with van der Waals surface area (Å²) < 4.78 is 0.684. The van der Waals surface area contributed by atoms with E-state index in [1.54, 1.807) is 30.6 Å². The summed E-state index contributed by atoms with van der Waals surface area (Å²) in [5, 5.41) is 1.40. The number of carbonyl (C=O) groups is 1. The lowest BCUT2D eigenvalue weighted by molar-refractivity contribution is 0.103. The second kappa shape index (κ2) is 4.79. The standard InChI is InChI=1S/C14H8BrClN2O/c15-12-6-8(16)3-4-10(12)13(19)11-7-18-14-9(11)2-1-5-17-14/h1-7H,(H,17,18). The molecule has 0 saturated carbocycles. The number of aromatic nitrogens is 2. The van der Waals surface area contributed by atoms with E-state index in [0.717, 1.165) is 5.39 Å². The van der Waals surface area contributed by atoms with Crippen LogP contribution in [-0.4, -0.2) is 15.8 Å². The van der Waals surface area contributed by atoms with Crippen LogP contribution >= 0.6 is 27.5 Å². The quantitative estimate of drug-likeness (QED) is 0.713. The summed E-state index contributed by atoms with van der Waals surface area (Å²) in [6.45, 7) is 0. The monoisotopic (exact) mass is 334 g/mol. The van der Waals surface area contributed by atoms with Crippen LogP contribution in [0.3, 0.4) is 0 Å². The minimum Gasteiger partial charge on any atom is -0.345 e. The predicted octanol–water partition coefficient (Wildman–Crippen LogP) is 4.21. The van der Waals surface area contributed by atoms with Crippen LogP contribution in [-0.2, 0) is 0 Å². The highest BCUT2D eigenvalue weighted by atomic mass is 79.9. The molecule has 0 aliphatic carbocycles. The number of nitrogens with zero attached hydrogens (tertiary/aromatic N) is 1. The van der Waals surface area contributed by atoms with Crippen molar-refractivity contribution in [3.63, 3.8) is 0 Å². The van der Waals surface area contributed by atoms with Crippen molar-refractivity contribution < 1.29 is 4.79 Å². The second-order valence-electron chi connectivity index (χ2n) is 4.06. The van der Waals surface area contributed by atoms with Crippen LogP contribution in [0.1, 0.15) is 15.9 Å². The zero-order valence-corrected chi connectivity index (χ0v) is 12.0. The Hall–Kier alpha value is -1.65. The number of benzene rings is 1. The fourth-order valence-electron chi connectivity index (χ4n) is 1.96. The first-order chi connectivity index (χ1) is 9.16. The molecule has 0 aliphatic rings. The number of halogens is 2. The Morgan fingerprint density at radius 2 is 2.11 bits per heavy atom. The highest BCUT2D eigenvalue weighted by molar-refractivity contribution is 9.10. The molecule has 2 heterocycles. The second-order valence-corrected chi connectivity index (χ2v) is 5.35. The molecule has 1 N–H and O–H groups in total. The zero-order chi connectivity index (χ0) is 13.4. The fraction of sp³-hybridized carbons (Fsp3) is 0. The van der Waals surface area contributed by atoms with Gasteiger partial charge in [0, 0.05) is 38.4 Å². The summed E-state index contributed by atoms with van der Waals surface area (Å²) in [4.78, 5) is 19.7. The number of hydrogen-bond acceptors (Lipinski definition) is 2. The van der Waals surface area contributed by atoms with E-state index < -0.39 is 0 Å². The number of nitrogens with one attached hydrogen (secondary N) is 1. The summed E-state index contributed by atoms with van der Waals surface area (Å²) in [5.41, 5.74) is 1.89. The molecule has 0 atom stereocenters. The van der Waals surface area contributed by atoms with Crippen molar-refractivity contribution in [3.05, 3.63) is 63.3 Å². The maximum absolute atomic E-state index is 12.5. The van der Waals surface area contributed by atoms with Crippen LogP contribution < -0.4 is 0 Å². The molecule has 0 bridgehead atoms. The molecule has 3 nitrogen and oxygen atoms in total. The average molecular weight is 336 g/mol. The van der Waals surface area contributed by atoms with Gasteiger partial charge in [0.25, 0.3) is 0 Å². The van der Waals surface area contributed by atoms with Crippen molar-refractivity contribution in [3.8, 4) is 0 Å². The average Bonchev–Trinajstić information content (AvgIpc) is 2.82. The topological polar surface area (TPSA) is 45.8 Å². The summed E-state index contributed by atoms with van der Waals surface area (Å²) in [5.74, 6) is -0.0669. The first-order valence-electron chi connectivity index (χ1n) is 5.58. The van der Waals surface area contributed by atoms with Crippen LogP contribution in [0.4, 0.5) is 0 Å². The Kier molecular flexibility index (Phi) is 3.12. The van der Waals surface area contributed by atoms with Crippen molar-refractivity contribution in [2.24, 2.45) is 0 Å². The lowest BCUT2D eigenvalue weighted by Gasteiger charge is -2.03. The minimum atomic E-state index is -0.0669. The van der Waals surface area contributed by atoms with Gasteiger partial charge in [-0.2, -0.15) is 0 Å². The number of rotatable bonds is 2. The van der Waals surface area contributed by atoms with Crippen molar-refractivity contribution in [2.75, 3.05) is 0 Å². The smallest absolute Gasteiger partial charge is 0.196 e. The predicted molar refractivity (Wildman–Crippen MR) is 78.7 cm³/mol. The maximum atomic E-state index is 12.5. The Bertz CT molecular complexity index is 782. The van der Waals surface area contributed by atoms with Crippen LogP contribution in [0.15, 0.2) is 47.2 Å². The third-order valence-corrected chi connectivity index (χ3v) is 3.76. The van der Waals surface area contributed by atoms with Gasteiger partial charge in [-0.3, -0.25) is 4.79 Å².